The molecule has 2 nitrogen and oxygen atoms in total. The smallest absolute Gasteiger partial charge is 0.122 e. The van der Waals surface area contributed by atoms with Crippen LogP contribution in [0.2, 0.25) is 0 Å². The van der Waals surface area contributed by atoms with Gasteiger partial charge >= 0.3 is 0 Å². The Morgan fingerprint density at radius 2 is 2.31 bits per heavy atom. The van der Waals surface area contributed by atoms with Gasteiger partial charge in [0.1, 0.15) is 11.9 Å². The van der Waals surface area contributed by atoms with E-state index in [1.807, 2.05) is 25.1 Å². The maximum Gasteiger partial charge on any atom is 0.122 e. The second-order valence-corrected chi connectivity index (χ2v) is 4.70. The Bertz CT molecular complexity index is 352. The highest BCUT2D eigenvalue weighted by atomic mass is 79.9. The molecule has 0 aliphatic rings. The number of halogens is 1. The Morgan fingerprint density at radius 1 is 1.56 bits per heavy atom. The summed E-state index contributed by atoms with van der Waals surface area (Å²) < 4.78 is 6.91. The molecule has 0 saturated heterocycles. The van der Waals surface area contributed by atoms with Crippen molar-refractivity contribution in [1.82, 2.24) is 5.32 Å². The SMILES string of the molecule is C=CCNCC(C)Oc1ccc(Br)cc1C. The average molecular weight is 284 g/mol. The van der Waals surface area contributed by atoms with Crippen LogP contribution in [-0.4, -0.2) is 19.2 Å². The second kappa shape index (κ2) is 6.71. The Morgan fingerprint density at radius 3 is 2.94 bits per heavy atom. The molecular formula is C13H18BrNO. The predicted octanol–water partition coefficient (Wildman–Crippen LogP) is 3.30. The molecule has 0 aliphatic carbocycles. The first-order valence-electron chi connectivity index (χ1n) is 5.38. The number of rotatable bonds is 6. The molecule has 16 heavy (non-hydrogen) atoms. The predicted molar refractivity (Wildman–Crippen MR) is 72.0 cm³/mol. The molecule has 0 bridgehead atoms. The molecule has 0 saturated carbocycles. The number of hydrogen-bond acceptors (Lipinski definition) is 2. The van der Waals surface area contributed by atoms with E-state index in [4.69, 9.17) is 4.74 Å². The zero-order valence-electron chi connectivity index (χ0n) is 9.79. The van der Waals surface area contributed by atoms with Crippen LogP contribution in [-0.2, 0) is 0 Å². The summed E-state index contributed by atoms with van der Waals surface area (Å²) in [5.74, 6) is 0.941. The highest BCUT2D eigenvalue weighted by Crippen LogP contribution is 2.22. The third-order valence-electron chi connectivity index (χ3n) is 2.19. The Kier molecular flexibility index (Phi) is 5.56. The Balaban J connectivity index is 2.49. The number of ether oxygens (including phenoxy) is 1. The van der Waals surface area contributed by atoms with Gasteiger partial charge in [-0.05, 0) is 37.6 Å². The Labute approximate surface area is 106 Å². The first-order valence-corrected chi connectivity index (χ1v) is 6.17. The quantitative estimate of drug-likeness (QED) is 0.639. The third kappa shape index (κ3) is 4.37. The van der Waals surface area contributed by atoms with Gasteiger partial charge < -0.3 is 10.1 Å². The van der Waals surface area contributed by atoms with Gasteiger partial charge in [0.15, 0.2) is 0 Å². The zero-order valence-corrected chi connectivity index (χ0v) is 11.4. The molecule has 0 aromatic heterocycles. The lowest BCUT2D eigenvalue weighted by Crippen LogP contribution is -2.29. The van der Waals surface area contributed by atoms with E-state index < -0.39 is 0 Å². The van der Waals surface area contributed by atoms with Gasteiger partial charge in [0.2, 0.25) is 0 Å². The van der Waals surface area contributed by atoms with E-state index in [1.165, 1.54) is 0 Å². The van der Waals surface area contributed by atoms with Gasteiger partial charge in [-0.15, -0.1) is 6.58 Å². The number of benzene rings is 1. The van der Waals surface area contributed by atoms with E-state index in [-0.39, 0.29) is 6.10 Å². The molecule has 0 heterocycles. The van der Waals surface area contributed by atoms with Gasteiger partial charge in [-0.3, -0.25) is 0 Å². The summed E-state index contributed by atoms with van der Waals surface area (Å²) in [4.78, 5) is 0. The van der Waals surface area contributed by atoms with E-state index in [1.54, 1.807) is 0 Å². The molecule has 0 amide bonds. The summed E-state index contributed by atoms with van der Waals surface area (Å²) in [6, 6.07) is 6.04. The molecule has 0 aliphatic heterocycles. The van der Waals surface area contributed by atoms with Crippen molar-refractivity contribution in [3.8, 4) is 5.75 Å². The fourth-order valence-electron chi connectivity index (χ4n) is 1.39. The van der Waals surface area contributed by atoms with Crippen molar-refractivity contribution in [3.63, 3.8) is 0 Å². The zero-order chi connectivity index (χ0) is 12.0. The van der Waals surface area contributed by atoms with Crippen molar-refractivity contribution in [2.75, 3.05) is 13.1 Å². The minimum atomic E-state index is 0.153. The Hall–Kier alpha value is -0.800. The third-order valence-corrected chi connectivity index (χ3v) is 2.68. The molecule has 1 aromatic carbocycles. The van der Waals surface area contributed by atoms with Crippen LogP contribution in [0.3, 0.4) is 0 Å². The van der Waals surface area contributed by atoms with E-state index >= 15 is 0 Å². The van der Waals surface area contributed by atoms with E-state index in [2.05, 4.69) is 40.8 Å². The second-order valence-electron chi connectivity index (χ2n) is 3.79. The monoisotopic (exact) mass is 283 g/mol. The highest BCUT2D eigenvalue weighted by molar-refractivity contribution is 9.10. The van der Waals surface area contributed by atoms with Gasteiger partial charge in [0.25, 0.3) is 0 Å². The van der Waals surface area contributed by atoms with Gasteiger partial charge in [-0.1, -0.05) is 22.0 Å². The lowest BCUT2D eigenvalue weighted by atomic mass is 10.2. The summed E-state index contributed by atoms with van der Waals surface area (Å²) in [5, 5.41) is 3.23. The molecule has 0 fully saturated rings. The first kappa shape index (κ1) is 13.3. The molecular weight excluding hydrogens is 266 g/mol. The largest absolute Gasteiger partial charge is 0.489 e. The summed E-state index contributed by atoms with van der Waals surface area (Å²) in [5.41, 5.74) is 1.14. The van der Waals surface area contributed by atoms with E-state index in [0.29, 0.717) is 0 Å². The summed E-state index contributed by atoms with van der Waals surface area (Å²) in [7, 11) is 0. The van der Waals surface area contributed by atoms with Crippen LogP contribution in [0.5, 0.6) is 5.75 Å². The van der Waals surface area contributed by atoms with Crippen molar-refractivity contribution in [2.45, 2.75) is 20.0 Å². The molecule has 3 heteroatoms. The first-order chi connectivity index (χ1) is 7.63. The number of nitrogens with one attached hydrogen (secondary N) is 1. The van der Waals surface area contributed by atoms with Crippen LogP contribution in [0.15, 0.2) is 35.3 Å². The van der Waals surface area contributed by atoms with Crippen LogP contribution in [0.25, 0.3) is 0 Å². The fourth-order valence-corrected chi connectivity index (χ4v) is 1.87. The molecule has 1 unspecified atom stereocenters. The summed E-state index contributed by atoms with van der Waals surface area (Å²) >= 11 is 3.43. The number of hydrogen-bond donors (Lipinski definition) is 1. The van der Waals surface area contributed by atoms with Crippen molar-refractivity contribution >= 4 is 15.9 Å². The van der Waals surface area contributed by atoms with Gasteiger partial charge in [-0.25, -0.2) is 0 Å². The topological polar surface area (TPSA) is 21.3 Å². The molecule has 1 aromatic rings. The van der Waals surface area contributed by atoms with Crippen molar-refractivity contribution in [2.24, 2.45) is 0 Å². The normalized spacial score (nSPS) is 12.2. The van der Waals surface area contributed by atoms with Crippen LogP contribution in [0.1, 0.15) is 12.5 Å². The lowest BCUT2D eigenvalue weighted by molar-refractivity contribution is 0.217. The van der Waals surface area contributed by atoms with Crippen LogP contribution < -0.4 is 10.1 Å². The lowest BCUT2D eigenvalue weighted by Gasteiger charge is -2.16. The molecule has 1 rings (SSSR count). The maximum atomic E-state index is 5.83. The van der Waals surface area contributed by atoms with Crippen molar-refractivity contribution in [3.05, 3.63) is 40.9 Å². The number of aryl methyl sites for hydroxylation is 1. The van der Waals surface area contributed by atoms with E-state index in [9.17, 15) is 0 Å². The van der Waals surface area contributed by atoms with Gasteiger partial charge in [0, 0.05) is 17.6 Å². The minimum Gasteiger partial charge on any atom is -0.489 e. The summed E-state index contributed by atoms with van der Waals surface area (Å²) in [6.45, 7) is 9.39. The van der Waals surface area contributed by atoms with Crippen LogP contribution >= 0.6 is 15.9 Å². The van der Waals surface area contributed by atoms with Crippen molar-refractivity contribution < 1.29 is 4.74 Å². The minimum absolute atomic E-state index is 0.153. The molecule has 1 atom stereocenters. The van der Waals surface area contributed by atoms with Crippen molar-refractivity contribution in [1.29, 1.82) is 0 Å². The standard InChI is InChI=1S/C13H18BrNO/c1-4-7-15-9-11(3)16-13-6-5-12(14)8-10(13)2/h4-6,8,11,15H,1,7,9H2,2-3H3. The highest BCUT2D eigenvalue weighted by Gasteiger charge is 2.05. The fraction of sp³-hybridized carbons (Fsp3) is 0.385. The molecule has 88 valence electrons. The molecule has 0 radical (unpaired) electrons. The maximum absolute atomic E-state index is 5.83. The van der Waals surface area contributed by atoms with Crippen LogP contribution in [0, 0.1) is 6.92 Å². The van der Waals surface area contributed by atoms with Crippen LogP contribution in [0.4, 0.5) is 0 Å². The van der Waals surface area contributed by atoms with Gasteiger partial charge in [0.05, 0.1) is 0 Å². The van der Waals surface area contributed by atoms with Gasteiger partial charge in [-0.2, -0.15) is 0 Å². The molecule has 1 N–H and O–H groups in total. The summed E-state index contributed by atoms with van der Waals surface area (Å²) in [6.07, 6.45) is 2.00. The molecule has 0 spiro atoms. The van der Waals surface area contributed by atoms with E-state index in [0.717, 1.165) is 28.9 Å². The average Bonchev–Trinajstić information content (AvgIpc) is 2.23.